The summed E-state index contributed by atoms with van der Waals surface area (Å²) in [6.45, 7) is 18.2. The first kappa shape index (κ1) is 16.2. The molecule has 2 fully saturated rings. The van der Waals surface area contributed by atoms with Gasteiger partial charge >= 0.3 is 0 Å². The van der Waals surface area contributed by atoms with Crippen LogP contribution in [0.1, 0.15) is 54.4 Å². The van der Waals surface area contributed by atoms with Gasteiger partial charge in [-0.25, -0.2) is 4.39 Å². The van der Waals surface area contributed by atoms with Crippen molar-refractivity contribution < 1.29 is 4.39 Å². The first-order chi connectivity index (χ1) is 9.00. The van der Waals surface area contributed by atoms with Gasteiger partial charge in [0, 0.05) is 38.3 Å². The zero-order valence-electron chi connectivity index (χ0n) is 14.3. The van der Waals surface area contributed by atoms with Crippen LogP contribution in [0.2, 0.25) is 0 Å². The minimum Gasteiger partial charge on any atom is -0.299 e. The summed E-state index contributed by atoms with van der Waals surface area (Å²) in [5.74, 6) is 0.737. The molecule has 0 N–H and O–H groups in total. The van der Waals surface area contributed by atoms with Crippen molar-refractivity contribution in [2.45, 2.75) is 65.6 Å². The van der Waals surface area contributed by atoms with E-state index < -0.39 is 5.67 Å². The highest BCUT2D eigenvalue weighted by atomic mass is 19.1. The van der Waals surface area contributed by atoms with Crippen LogP contribution in [0.3, 0.4) is 0 Å². The van der Waals surface area contributed by atoms with Gasteiger partial charge in [-0.15, -0.1) is 0 Å². The minimum atomic E-state index is -0.954. The average molecular weight is 284 g/mol. The molecule has 2 aliphatic rings. The maximum atomic E-state index is 15.0. The van der Waals surface area contributed by atoms with Crippen LogP contribution < -0.4 is 0 Å². The molecule has 2 saturated heterocycles. The van der Waals surface area contributed by atoms with Crippen LogP contribution >= 0.6 is 0 Å². The summed E-state index contributed by atoms with van der Waals surface area (Å²) in [5, 5.41) is 0. The molecule has 2 aliphatic heterocycles. The van der Waals surface area contributed by atoms with Crippen LogP contribution in [-0.2, 0) is 0 Å². The van der Waals surface area contributed by atoms with Crippen molar-refractivity contribution in [1.82, 2.24) is 9.80 Å². The first-order valence-corrected chi connectivity index (χ1v) is 8.16. The van der Waals surface area contributed by atoms with Crippen LogP contribution in [0, 0.1) is 11.3 Å². The Kier molecular flexibility index (Phi) is 4.25. The van der Waals surface area contributed by atoms with Crippen LogP contribution in [-0.4, -0.2) is 53.7 Å². The molecule has 0 aromatic heterocycles. The molecule has 2 rings (SSSR count). The van der Waals surface area contributed by atoms with E-state index in [0.29, 0.717) is 24.8 Å². The van der Waals surface area contributed by atoms with Gasteiger partial charge in [0.05, 0.1) is 0 Å². The molecule has 2 heterocycles. The third kappa shape index (κ3) is 3.73. The van der Waals surface area contributed by atoms with Crippen LogP contribution in [0.25, 0.3) is 0 Å². The number of halogens is 1. The van der Waals surface area contributed by atoms with Gasteiger partial charge in [0.2, 0.25) is 0 Å². The number of hydrogen-bond donors (Lipinski definition) is 0. The Bertz CT molecular complexity index is 326. The molecule has 2 nitrogen and oxygen atoms in total. The number of likely N-dealkylation sites (tertiary alicyclic amines) is 2. The van der Waals surface area contributed by atoms with E-state index in [9.17, 15) is 4.39 Å². The summed E-state index contributed by atoms with van der Waals surface area (Å²) in [7, 11) is 0. The number of nitrogens with zero attached hydrogens (tertiary/aromatic N) is 2. The van der Waals surface area contributed by atoms with Gasteiger partial charge in [0.25, 0.3) is 0 Å². The molecule has 0 unspecified atom stereocenters. The summed E-state index contributed by atoms with van der Waals surface area (Å²) >= 11 is 0. The molecular formula is C17H33FN2. The molecule has 20 heavy (non-hydrogen) atoms. The third-order valence-electron chi connectivity index (χ3n) is 5.30. The zero-order valence-corrected chi connectivity index (χ0v) is 14.3. The van der Waals surface area contributed by atoms with Crippen LogP contribution in [0.15, 0.2) is 0 Å². The van der Waals surface area contributed by atoms with E-state index in [0.717, 1.165) is 32.1 Å². The molecule has 0 aromatic carbocycles. The van der Waals surface area contributed by atoms with Crippen LogP contribution in [0.4, 0.5) is 4.39 Å². The van der Waals surface area contributed by atoms with Crippen molar-refractivity contribution in [2.75, 3.05) is 32.7 Å². The molecule has 0 aliphatic carbocycles. The smallest absolute Gasteiger partial charge is 0.126 e. The normalized spacial score (nSPS) is 26.6. The van der Waals surface area contributed by atoms with E-state index in [2.05, 4.69) is 51.3 Å². The Balaban J connectivity index is 1.78. The second-order valence-corrected chi connectivity index (χ2v) is 9.07. The van der Waals surface area contributed by atoms with Gasteiger partial charge in [-0.1, -0.05) is 20.8 Å². The lowest BCUT2D eigenvalue weighted by molar-refractivity contribution is -0.0484. The number of hydrogen-bond acceptors (Lipinski definition) is 2. The molecule has 118 valence electrons. The molecule has 0 bridgehead atoms. The lowest BCUT2D eigenvalue weighted by Gasteiger charge is -2.50. The van der Waals surface area contributed by atoms with Gasteiger partial charge in [-0.3, -0.25) is 9.80 Å². The second-order valence-electron chi connectivity index (χ2n) is 9.07. The third-order valence-corrected chi connectivity index (χ3v) is 5.30. The lowest BCUT2D eigenvalue weighted by Crippen LogP contribution is -2.58. The fourth-order valence-electron chi connectivity index (χ4n) is 3.38. The van der Waals surface area contributed by atoms with E-state index in [1.807, 2.05) is 0 Å². The first-order valence-electron chi connectivity index (χ1n) is 8.16. The zero-order chi connectivity index (χ0) is 15.2. The van der Waals surface area contributed by atoms with E-state index in [1.165, 1.54) is 0 Å². The van der Waals surface area contributed by atoms with Gasteiger partial charge in [0.15, 0.2) is 0 Å². The fourth-order valence-corrected chi connectivity index (χ4v) is 3.38. The Morgan fingerprint density at radius 2 is 1.50 bits per heavy atom. The molecule has 0 atom stereocenters. The van der Waals surface area contributed by atoms with Crippen molar-refractivity contribution in [3.63, 3.8) is 0 Å². The summed E-state index contributed by atoms with van der Waals surface area (Å²) in [6.07, 6.45) is 1.39. The molecule has 0 saturated carbocycles. The number of alkyl halides is 1. The predicted molar refractivity (Wildman–Crippen MR) is 83.8 cm³/mol. The minimum absolute atomic E-state index is 0.176. The largest absolute Gasteiger partial charge is 0.299 e. The lowest BCUT2D eigenvalue weighted by atomic mass is 9.75. The van der Waals surface area contributed by atoms with Crippen LogP contribution in [0.5, 0.6) is 0 Å². The van der Waals surface area contributed by atoms with Gasteiger partial charge in [-0.2, -0.15) is 0 Å². The van der Waals surface area contributed by atoms with Gasteiger partial charge in [-0.05, 0) is 44.9 Å². The highest BCUT2D eigenvalue weighted by Gasteiger charge is 2.43. The number of rotatable bonds is 2. The standard InChI is InChI=1S/C17H33FN2/c1-15(2,3)14-11-19(12-14)13-17(18)7-9-20(10-8-17)16(4,5)6/h14H,7-13H2,1-6H3. The van der Waals surface area contributed by atoms with Crippen molar-refractivity contribution in [3.8, 4) is 0 Å². The summed E-state index contributed by atoms with van der Waals surface area (Å²) < 4.78 is 15.0. The van der Waals surface area contributed by atoms with E-state index in [-0.39, 0.29) is 5.54 Å². The monoisotopic (exact) mass is 284 g/mol. The Hall–Kier alpha value is -0.150. The summed E-state index contributed by atoms with van der Waals surface area (Å²) in [5.41, 5.74) is -0.407. The van der Waals surface area contributed by atoms with Gasteiger partial charge in [0.1, 0.15) is 5.67 Å². The SMILES string of the molecule is CC(C)(C)C1CN(CC2(F)CCN(C(C)(C)C)CC2)C1. The highest BCUT2D eigenvalue weighted by molar-refractivity contribution is 4.96. The molecule has 0 aromatic rings. The van der Waals surface area contributed by atoms with E-state index in [1.54, 1.807) is 0 Å². The van der Waals surface area contributed by atoms with E-state index in [4.69, 9.17) is 0 Å². The van der Waals surface area contributed by atoms with Crippen molar-refractivity contribution in [3.05, 3.63) is 0 Å². The van der Waals surface area contributed by atoms with Crippen molar-refractivity contribution >= 4 is 0 Å². The van der Waals surface area contributed by atoms with Crippen molar-refractivity contribution in [1.29, 1.82) is 0 Å². The highest BCUT2D eigenvalue weighted by Crippen LogP contribution is 2.37. The Morgan fingerprint density at radius 1 is 1.00 bits per heavy atom. The van der Waals surface area contributed by atoms with Gasteiger partial charge < -0.3 is 0 Å². The quantitative estimate of drug-likeness (QED) is 0.765. The second kappa shape index (κ2) is 5.24. The van der Waals surface area contributed by atoms with Crippen molar-refractivity contribution in [2.24, 2.45) is 11.3 Å². The summed E-state index contributed by atoms with van der Waals surface area (Å²) in [6, 6.07) is 0. The maximum Gasteiger partial charge on any atom is 0.126 e. The van der Waals surface area contributed by atoms with E-state index >= 15 is 0 Å². The molecule has 0 amide bonds. The maximum absolute atomic E-state index is 15.0. The molecular weight excluding hydrogens is 251 g/mol. The molecule has 0 radical (unpaired) electrons. The topological polar surface area (TPSA) is 6.48 Å². The summed E-state index contributed by atoms with van der Waals surface area (Å²) in [4.78, 5) is 4.74. The predicted octanol–water partition coefficient (Wildman–Crippen LogP) is 3.57. The Labute approximate surface area is 124 Å². The number of piperidine rings is 1. The molecule has 0 spiro atoms. The Morgan fingerprint density at radius 3 is 1.90 bits per heavy atom. The average Bonchev–Trinajstić information content (AvgIpc) is 2.20. The molecule has 3 heteroatoms. The fraction of sp³-hybridized carbons (Fsp3) is 1.00.